The predicted octanol–water partition coefficient (Wildman–Crippen LogP) is 1.20. The number of nitrogens with two attached hydrogens (primary N) is 1. The zero-order valence-corrected chi connectivity index (χ0v) is 9.96. The summed E-state index contributed by atoms with van der Waals surface area (Å²) in [5.74, 6) is 0.496. The molecule has 0 atom stereocenters. The van der Waals surface area contributed by atoms with E-state index in [9.17, 15) is 0 Å². The highest BCUT2D eigenvalue weighted by atomic mass is 16.5. The number of rotatable bonds is 5. The fraction of sp³-hybridized carbons (Fsp3) is 0.583. The van der Waals surface area contributed by atoms with Crippen molar-refractivity contribution in [2.75, 3.05) is 26.3 Å². The Kier molecular flexibility index (Phi) is 5.64. The second-order valence-corrected chi connectivity index (χ2v) is 4.02. The molecule has 1 rings (SSSR count). The molecule has 0 aliphatic carbocycles. The van der Waals surface area contributed by atoms with Crippen LogP contribution in [0.2, 0.25) is 0 Å². The van der Waals surface area contributed by atoms with E-state index >= 15 is 0 Å². The second kappa shape index (κ2) is 7.06. The summed E-state index contributed by atoms with van der Waals surface area (Å²) in [4.78, 5) is 4.15. The maximum Gasteiger partial charge on any atom is 0.188 e. The summed E-state index contributed by atoms with van der Waals surface area (Å²) in [7, 11) is 0. The largest absolute Gasteiger partial charge is 0.377 e. The van der Waals surface area contributed by atoms with Gasteiger partial charge in [0.15, 0.2) is 5.96 Å². The molecule has 3 N–H and O–H groups in total. The van der Waals surface area contributed by atoms with Gasteiger partial charge in [-0.05, 0) is 19.8 Å². The first kappa shape index (κ1) is 12.8. The van der Waals surface area contributed by atoms with Gasteiger partial charge in [0, 0.05) is 6.54 Å². The molecular weight excluding hydrogens is 202 g/mol. The molecule has 4 nitrogen and oxygen atoms in total. The molecule has 0 bridgehead atoms. The first-order chi connectivity index (χ1) is 7.68. The Balaban J connectivity index is 2.16. The number of guanidine groups is 1. The lowest BCUT2D eigenvalue weighted by molar-refractivity contribution is 0.153. The van der Waals surface area contributed by atoms with Crippen molar-refractivity contribution in [2.24, 2.45) is 10.7 Å². The molecule has 0 radical (unpaired) electrons. The van der Waals surface area contributed by atoms with Crippen LogP contribution in [0.1, 0.15) is 19.8 Å². The van der Waals surface area contributed by atoms with Gasteiger partial charge in [0.25, 0.3) is 0 Å². The summed E-state index contributed by atoms with van der Waals surface area (Å²) in [6.45, 7) is 8.71. The maximum absolute atomic E-state index is 5.69. The number of hydrogen-bond donors (Lipinski definition) is 2. The van der Waals surface area contributed by atoms with Crippen molar-refractivity contribution in [3.63, 3.8) is 0 Å². The van der Waals surface area contributed by atoms with Gasteiger partial charge >= 0.3 is 0 Å². The zero-order valence-electron chi connectivity index (χ0n) is 9.96. The van der Waals surface area contributed by atoms with Gasteiger partial charge in [0.05, 0.1) is 19.8 Å². The third-order valence-electron chi connectivity index (χ3n) is 2.33. The highest BCUT2D eigenvalue weighted by molar-refractivity contribution is 5.77. The van der Waals surface area contributed by atoms with Gasteiger partial charge in [-0.25, -0.2) is 4.99 Å². The van der Waals surface area contributed by atoms with Gasteiger partial charge in [0.1, 0.15) is 0 Å². The van der Waals surface area contributed by atoms with Crippen LogP contribution in [0.15, 0.2) is 28.8 Å². The zero-order chi connectivity index (χ0) is 11.8. The van der Waals surface area contributed by atoms with Crippen LogP contribution in [0.4, 0.5) is 0 Å². The average molecular weight is 223 g/mol. The monoisotopic (exact) mass is 223 g/mol. The molecule has 16 heavy (non-hydrogen) atoms. The average Bonchev–Trinajstić information content (AvgIpc) is 2.28. The number of hydrogen-bond acceptors (Lipinski definition) is 2. The van der Waals surface area contributed by atoms with Crippen molar-refractivity contribution < 1.29 is 4.74 Å². The summed E-state index contributed by atoms with van der Waals surface area (Å²) in [6, 6.07) is 0. The minimum Gasteiger partial charge on any atom is -0.377 e. The SMILES string of the molecule is C=C(C)CN=C(N)NCCC1=CCOCC1. The van der Waals surface area contributed by atoms with E-state index in [0.29, 0.717) is 12.5 Å². The summed E-state index contributed by atoms with van der Waals surface area (Å²) < 4.78 is 5.24. The lowest BCUT2D eigenvalue weighted by Crippen LogP contribution is -2.33. The van der Waals surface area contributed by atoms with Crippen molar-refractivity contribution in [1.82, 2.24) is 5.32 Å². The Hall–Kier alpha value is -1.29. The summed E-state index contributed by atoms with van der Waals surface area (Å²) in [6.07, 6.45) is 4.18. The fourth-order valence-corrected chi connectivity index (χ4v) is 1.42. The molecule has 0 amide bonds. The number of ether oxygens (including phenoxy) is 1. The number of aliphatic imine (C=N–C) groups is 1. The third-order valence-corrected chi connectivity index (χ3v) is 2.33. The molecule has 1 heterocycles. The number of nitrogens with zero attached hydrogens (tertiary/aromatic N) is 1. The van der Waals surface area contributed by atoms with Gasteiger partial charge in [-0.15, -0.1) is 0 Å². The van der Waals surface area contributed by atoms with Crippen LogP contribution in [0.5, 0.6) is 0 Å². The van der Waals surface area contributed by atoms with Crippen molar-refractivity contribution in [3.8, 4) is 0 Å². The van der Waals surface area contributed by atoms with Crippen molar-refractivity contribution in [2.45, 2.75) is 19.8 Å². The van der Waals surface area contributed by atoms with E-state index in [4.69, 9.17) is 10.5 Å². The summed E-state index contributed by atoms with van der Waals surface area (Å²) >= 11 is 0. The minimum absolute atomic E-state index is 0.496. The quantitative estimate of drug-likeness (QED) is 0.418. The molecular formula is C12H21N3O. The van der Waals surface area contributed by atoms with Crippen LogP contribution in [-0.4, -0.2) is 32.3 Å². The van der Waals surface area contributed by atoms with E-state index in [1.165, 1.54) is 5.57 Å². The molecule has 0 spiro atoms. The van der Waals surface area contributed by atoms with Crippen LogP contribution in [0.3, 0.4) is 0 Å². The molecule has 1 aliphatic heterocycles. The Bertz CT molecular complexity index is 295. The summed E-state index contributed by atoms with van der Waals surface area (Å²) in [5.41, 5.74) is 8.14. The third kappa shape index (κ3) is 5.56. The van der Waals surface area contributed by atoms with Crippen molar-refractivity contribution in [3.05, 3.63) is 23.8 Å². The predicted molar refractivity (Wildman–Crippen MR) is 67.4 cm³/mol. The Morgan fingerprint density at radius 2 is 2.50 bits per heavy atom. The first-order valence-electron chi connectivity index (χ1n) is 5.62. The smallest absolute Gasteiger partial charge is 0.188 e. The molecule has 0 fully saturated rings. The molecule has 0 aromatic rings. The lowest BCUT2D eigenvalue weighted by atomic mass is 10.1. The molecule has 0 unspecified atom stereocenters. The van der Waals surface area contributed by atoms with Crippen LogP contribution < -0.4 is 11.1 Å². The Morgan fingerprint density at radius 1 is 1.69 bits per heavy atom. The molecule has 0 aromatic carbocycles. The highest BCUT2D eigenvalue weighted by Crippen LogP contribution is 2.10. The maximum atomic E-state index is 5.69. The van der Waals surface area contributed by atoms with Crippen LogP contribution >= 0.6 is 0 Å². The highest BCUT2D eigenvalue weighted by Gasteiger charge is 2.02. The van der Waals surface area contributed by atoms with E-state index < -0.39 is 0 Å². The van der Waals surface area contributed by atoms with E-state index in [1.807, 2.05) is 6.92 Å². The van der Waals surface area contributed by atoms with E-state index in [0.717, 1.165) is 38.2 Å². The van der Waals surface area contributed by atoms with Crippen LogP contribution in [0.25, 0.3) is 0 Å². The summed E-state index contributed by atoms with van der Waals surface area (Å²) in [5, 5.41) is 3.09. The normalized spacial score (nSPS) is 16.8. The van der Waals surface area contributed by atoms with E-state index in [-0.39, 0.29) is 0 Å². The van der Waals surface area contributed by atoms with Crippen LogP contribution in [-0.2, 0) is 4.74 Å². The minimum atomic E-state index is 0.496. The fourth-order valence-electron chi connectivity index (χ4n) is 1.42. The van der Waals surface area contributed by atoms with Crippen molar-refractivity contribution in [1.29, 1.82) is 0 Å². The van der Waals surface area contributed by atoms with Gasteiger partial charge in [0.2, 0.25) is 0 Å². The standard InChI is InChI=1S/C12H21N3O/c1-10(2)9-15-12(13)14-6-3-11-4-7-16-8-5-11/h4H,1,3,5-9H2,2H3,(H3,13,14,15). The van der Waals surface area contributed by atoms with Crippen molar-refractivity contribution >= 4 is 5.96 Å². The topological polar surface area (TPSA) is 59.6 Å². The van der Waals surface area contributed by atoms with Gasteiger partial charge in [-0.1, -0.05) is 23.8 Å². The van der Waals surface area contributed by atoms with Gasteiger partial charge < -0.3 is 15.8 Å². The Morgan fingerprint density at radius 3 is 3.12 bits per heavy atom. The molecule has 0 aromatic heterocycles. The van der Waals surface area contributed by atoms with Crippen LogP contribution in [0, 0.1) is 0 Å². The van der Waals surface area contributed by atoms with Gasteiger partial charge in [-0.2, -0.15) is 0 Å². The molecule has 1 aliphatic rings. The van der Waals surface area contributed by atoms with Gasteiger partial charge in [-0.3, -0.25) is 0 Å². The molecule has 0 saturated carbocycles. The first-order valence-corrected chi connectivity index (χ1v) is 5.62. The molecule has 90 valence electrons. The second-order valence-electron chi connectivity index (χ2n) is 4.02. The van der Waals surface area contributed by atoms with E-state index in [1.54, 1.807) is 0 Å². The molecule has 4 heteroatoms. The molecule has 0 saturated heterocycles. The number of nitrogens with one attached hydrogen (secondary N) is 1. The Labute approximate surface area is 97.3 Å². The lowest BCUT2D eigenvalue weighted by Gasteiger charge is -2.13. The van der Waals surface area contributed by atoms with E-state index in [2.05, 4.69) is 23.0 Å².